The number of benzene rings is 1. The smallest absolute Gasteiger partial charge is 0.216 e. The van der Waals surface area contributed by atoms with Crippen LogP contribution in [-0.4, -0.2) is 58.3 Å². The van der Waals surface area contributed by atoms with Crippen LogP contribution < -0.4 is 10.6 Å². The molecule has 0 spiro atoms. The molecule has 3 N–H and O–H groups in total. The fraction of sp³-hybridized carbons (Fsp3) is 0.458. The normalized spacial score (nSPS) is 15.8. The van der Waals surface area contributed by atoms with Crippen molar-refractivity contribution in [2.75, 3.05) is 26.2 Å². The molecular formula is C24H33N7O. The number of hydrogen-bond acceptors (Lipinski definition) is 5. The van der Waals surface area contributed by atoms with Crippen LogP contribution in [0.1, 0.15) is 36.7 Å². The van der Waals surface area contributed by atoms with Gasteiger partial charge in [-0.1, -0.05) is 24.3 Å². The third kappa shape index (κ3) is 5.97. The number of likely N-dealkylation sites (tertiary alicyclic amines) is 1. The van der Waals surface area contributed by atoms with Gasteiger partial charge in [-0.05, 0) is 49.9 Å². The fourth-order valence-corrected chi connectivity index (χ4v) is 3.97. The predicted octanol–water partition coefficient (Wildman–Crippen LogP) is 3.14. The second kappa shape index (κ2) is 10.9. The summed E-state index contributed by atoms with van der Waals surface area (Å²) in [6.45, 7) is 8.98. The third-order valence-corrected chi connectivity index (χ3v) is 5.82. The Kier molecular flexibility index (Phi) is 7.55. The Morgan fingerprint density at radius 2 is 2.06 bits per heavy atom. The van der Waals surface area contributed by atoms with Gasteiger partial charge in [0.15, 0.2) is 11.7 Å². The van der Waals surface area contributed by atoms with Crippen LogP contribution in [0.3, 0.4) is 0 Å². The van der Waals surface area contributed by atoms with Gasteiger partial charge >= 0.3 is 0 Å². The molecule has 3 aromatic rings. The molecule has 3 heterocycles. The zero-order valence-corrected chi connectivity index (χ0v) is 19.0. The summed E-state index contributed by atoms with van der Waals surface area (Å²) < 4.78 is 5.34. The molecule has 0 saturated carbocycles. The molecule has 1 aliphatic heterocycles. The van der Waals surface area contributed by atoms with Gasteiger partial charge in [0, 0.05) is 45.2 Å². The van der Waals surface area contributed by atoms with Crippen LogP contribution in [0.2, 0.25) is 0 Å². The average molecular weight is 436 g/mol. The second-order valence-corrected chi connectivity index (χ2v) is 8.21. The molecule has 4 rings (SSSR count). The number of piperidine rings is 1. The first-order valence-corrected chi connectivity index (χ1v) is 11.5. The topological polar surface area (TPSA) is 94.4 Å². The number of nitrogens with zero attached hydrogens (tertiary/aromatic N) is 4. The van der Waals surface area contributed by atoms with E-state index in [1.165, 1.54) is 11.1 Å². The van der Waals surface area contributed by atoms with E-state index in [1.54, 1.807) is 6.26 Å². The molecule has 1 aliphatic rings. The van der Waals surface area contributed by atoms with Gasteiger partial charge in [-0.3, -0.25) is 15.0 Å². The molecule has 8 nitrogen and oxygen atoms in total. The van der Waals surface area contributed by atoms with Gasteiger partial charge in [-0.2, -0.15) is 5.10 Å². The highest BCUT2D eigenvalue weighted by Gasteiger charge is 2.20. The summed E-state index contributed by atoms with van der Waals surface area (Å²) in [5.41, 5.74) is 2.80. The number of aromatic amines is 1. The van der Waals surface area contributed by atoms with Crippen LogP contribution in [0.15, 0.2) is 52.1 Å². The quantitative estimate of drug-likeness (QED) is 0.372. The Balaban J connectivity index is 1.24. The van der Waals surface area contributed by atoms with E-state index in [1.807, 2.05) is 12.1 Å². The maximum Gasteiger partial charge on any atom is 0.216 e. The van der Waals surface area contributed by atoms with Crippen LogP contribution in [0.4, 0.5) is 0 Å². The lowest BCUT2D eigenvalue weighted by atomic mass is 10.0. The van der Waals surface area contributed by atoms with Crippen molar-refractivity contribution in [2.24, 2.45) is 4.99 Å². The summed E-state index contributed by atoms with van der Waals surface area (Å²) in [5.74, 6) is 2.92. The first kappa shape index (κ1) is 22.1. The van der Waals surface area contributed by atoms with Crippen LogP contribution in [-0.2, 0) is 13.0 Å². The van der Waals surface area contributed by atoms with E-state index in [-0.39, 0.29) is 0 Å². The van der Waals surface area contributed by atoms with E-state index < -0.39 is 0 Å². The Morgan fingerprint density at radius 1 is 1.22 bits per heavy atom. The molecule has 8 heteroatoms. The minimum absolute atomic E-state index is 0.441. The number of H-pyrrole nitrogens is 1. The fourth-order valence-electron chi connectivity index (χ4n) is 3.97. The van der Waals surface area contributed by atoms with Crippen LogP contribution >= 0.6 is 0 Å². The number of aryl methyl sites for hydroxylation is 1. The number of guanidine groups is 1. The minimum atomic E-state index is 0.441. The van der Waals surface area contributed by atoms with Crippen molar-refractivity contribution in [1.82, 2.24) is 30.7 Å². The number of aromatic nitrogens is 3. The summed E-state index contributed by atoms with van der Waals surface area (Å²) in [6, 6.07) is 12.8. The van der Waals surface area contributed by atoms with E-state index in [0.29, 0.717) is 30.6 Å². The molecule has 32 heavy (non-hydrogen) atoms. The molecule has 1 fully saturated rings. The highest BCUT2D eigenvalue weighted by Crippen LogP contribution is 2.16. The van der Waals surface area contributed by atoms with Gasteiger partial charge in [0.1, 0.15) is 5.82 Å². The molecule has 2 aromatic heterocycles. The van der Waals surface area contributed by atoms with Crippen molar-refractivity contribution in [3.05, 3.63) is 59.6 Å². The van der Waals surface area contributed by atoms with E-state index in [2.05, 4.69) is 68.8 Å². The lowest BCUT2D eigenvalue weighted by molar-refractivity contribution is 0.198. The minimum Gasteiger partial charge on any atom is -0.461 e. The largest absolute Gasteiger partial charge is 0.461 e. The summed E-state index contributed by atoms with van der Waals surface area (Å²) >= 11 is 0. The van der Waals surface area contributed by atoms with E-state index >= 15 is 0 Å². The molecule has 0 amide bonds. The second-order valence-electron chi connectivity index (χ2n) is 8.21. The van der Waals surface area contributed by atoms with Gasteiger partial charge < -0.3 is 15.1 Å². The summed E-state index contributed by atoms with van der Waals surface area (Å²) in [6.07, 6.45) is 4.55. The van der Waals surface area contributed by atoms with Crippen LogP contribution in [0, 0.1) is 6.92 Å². The maximum absolute atomic E-state index is 5.34. The van der Waals surface area contributed by atoms with Gasteiger partial charge in [-0.25, -0.2) is 4.98 Å². The van der Waals surface area contributed by atoms with Crippen molar-refractivity contribution in [1.29, 1.82) is 0 Å². The summed E-state index contributed by atoms with van der Waals surface area (Å²) in [4.78, 5) is 11.8. The lowest BCUT2D eigenvalue weighted by Crippen LogP contribution is -2.48. The van der Waals surface area contributed by atoms with Gasteiger partial charge in [-0.15, -0.1) is 0 Å². The predicted molar refractivity (Wildman–Crippen MR) is 126 cm³/mol. The first-order chi connectivity index (χ1) is 15.7. The Labute approximate surface area is 189 Å². The molecule has 0 radical (unpaired) electrons. The molecule has 170 valence electrons. The van der Waals surface area contributed by atoms with Crippen molar-refractivity contribution in [3.63, 3.8) is 0 Å². The highest BCUT2D eigenvalue weighted by atomic mass is 16.3. The van der Waals surface area contributed by atoms with Crippen molar-refractivity contribution < 1.29 is 4.42 Å². The number of hydrogen-bond donors (Lipinski definition) is 3. The molecule has 0 atom stereocenters. The zero-order chi connectivity index (χ0) is 22.2. The Hall–Kier alpha value is -3.13. The standard InChI is InChI=1S/C24H33N7O/c1-3-25-24(26-13-10-22-28-23(30-29-22)21-9-6-16-32-21)27-20-11-14-31(15-12-20)17-19-8-5-4-7-18(19)2/h4-9,16,20H,3,10-15,17H2,1-2H3,(H2,25,26,27)(H,28,29,30). The van der Waals surface area contributed by atoms with Gasteiger partial charge in [0.2, 0.25) is 5.82 Å². The molecule has 0 aliphatic carbocycles. The first-order valence-electron chi connectivity index (χ1n) is 11.5. The Morgan fingerprint density at radius 3 is 2.81 bits per heavy atom. The molecule has 1 saturated heterocycles. The van der Waals surface area contributed by atoms with E-state index in [9.17, 15) is 0 Å². The monoisotopic (exact) mass is 435 g/mol. The van der Waals surface area contributed by atoms with Crippen molar-refractivity contribution in [2.45, 2.75) is 45.7 Å². The number of aliphatic imine (C=N–C) groups is 1. The molecular weight excluding hydrogens is 402 g/mol. The third-order valence-electron chi connectivity index (χ3n) is 5.82. The molecule has 0 bridgehead atoms. The number of nitrogens with one attached hydrogen (secondary N) is 3. The van der Waals surface area contributed by atoms with Crippen molar-refractivity contribution >= 4 is 5.96 Å². The Bertz CT molecular complexity index is 987. The number of furan rings is 1. The number of rotatable bonds is 8. The SMILES string of the molecule is CCNC(=NCCc1nc(-c2ccco2)n[nH]1)NC1CCN(Cc2ccccc2C)CC1. The van der Waals surface area contributed by atoms with Crippen molar-refractivity contribution in [3.8, 4) is 11.6 Å². The highest BCUT2D eigenvalue weighted by molar-refractivity contribution is 5.80. The summed E-state index contributed by atoms with van der Waals surface area (Å²) in [5, 5.41) is 14.2. The van der Waals surface area contributed by atoms with E-state index in [0.717, 1.165) is 50.8 Å². The zero-order valence-electron chi connectivity index (χ0n) is 19.0. The summed E-state index contributed by atoms with van der Waals surface area (Å²) in [7, 11) is 0. The van der Waals surface area contributed by atoms with Crippen LogP contribution in [0.5, 0.6) is 0 Å². The van der Waals surface area contributed by atoms with E-state index in [4.69, 9.17) is 9.41 Å². The lowest BCUT2D eigenvalue weighted by Gasteiger charge is -2.33. The van der Waals surface area contributed by atoms with Gasteiger partial charge in [0.05, 0.1) is 6.26 Å². The average Bonchev–Trinajstić information content (AvgIpc) is 3.49. The van der Waals surface area contributed by atoms with Crippen LogP contribution in [0.25, 0.3) is 11.6 Å². The maximum atomic E-state index is 5.34. The molecule has 1 aromatic carbocycles. The molecule has 0 unspecified atom stereocenters. The van der Waals surface area contributed by atoms with Gasteiger partial charge in [0.25, 0.3) is 0 Å².